The molecule has 0 aliphatic rings. The molecule has 3 heterocycles. The standard InChI is InChI=1S/C21H15F3N6O/c1-13-28-18(10-19(29-13)30-20-26-7-2-8-27-20)16-9-15(11-25-12-16)14-3-5-17(6-4-14)31-21(22,23)24/h2-12H,1H3,(H,26,27,28,29,30). The smallest absolute Gasteiger partial charge is 0.406 e. The fraction of sp³-hybridized carbons (Fsp3) is 0.0952. The number of rotatable bonds is 5. The van der Waals surface area contributed by atoms with Crippen molar-refractivity contribution in [3.63, 3.8) is 0 Å². The number of hydrogen-bond acceptors (Lipinski definition) is 7. The summed E-state index contributed by atoms with van der Waals surface area (Å²) < 4.78 is 41.0. The summed E-state index contributed by atoms with van der Waals surface area (Å²) in [7, 11) is 0. The normalized spacial score (nSPS) is 11.2. The van der Waals surface area contributed by atoms with Crippen LogP contribution in [0.2, 0.25) is 0 Å². The molecule has 4 rings (SSSR count). The maximum atomic E-state index is 12.4. The molecule has 0 saturated carbocycles. The molecule has 0 bridgehead atoms. The maximum absolute atomic E-state index is 12.4. The van der Waals surface area contributed by atoms with Crippen LogP contribution in [0, 0.1) is 6.92 Å². The van der Waals surface area contributed by atoms with Crippen LogP contribution in [-0.2, 0) is 0 Å². The number of anilines is 2. The summed E-state index contributed by atoms with van der Waals surface area (Å²) in [4.78, 5) is 21.3. The third kappa shape index (κ3) is 5.30. The molecule has 7 nitrogen and oxygen atoms in total. The van der Waals surface area contributed by atoms with Gasteiger partial charge in [-0.1, -0.05) is 12.1 Å². The molecular weight excluding hydrogens is 409 g/mol. The van der Waals surface area contributed by atoms with Crippen LogP contribution in [0.4, 0.5) is 24.9 Å². The molecule has 0 amide bonds. The number of pyridine rings is 1. The van der Waals surface area contributed by atoms with Gasteiger partial charge in [-0.05, 0) is 36.8 Å². The Morgan fingerprint density at radius 1 is 0.871 bits per heavy atom. The average Bonchev–Trinajstić information content (AvgIpc) is 2.74. The minimum atomic E-state index is -4.73. The van der Waals surface area contributed by atoms with Gasteiger partial charge in [0.05, 0.1) is 5.69 Å². The number of aryl methyl sites for hydroxylation is 1. The van der Waals surface area contributed by atoms with E-state index in [0.29, 0.717) is 34.4 Å². The van der Waals surface area contributed by atoms with E-state index in [1.54, 1.807) is 43.8 Å². The lowest BCUT2D eigenvalue weighted by Gasteiger charge is -2.10. The van der Waals surface area contributed by atoms with Crippen molar-refractivity contribution in [2.24, 2.45) is 0 Å². The molecule has 1 aromatic carbocycles. The van der Waals surface area contributed by atoms with E-state index in [2.05, 4.69) is 35.0 Å². The first-order chi connectivity index (χ1) is 14.9. The number of hydrogen-bond donors (Lipinski definition) is 1. The summed E-state index contributed by atoms with van der Waals surface area (Å²) in [5.74, 6) is 1.17. The molecule has 0 radical (unpaired) electrons. The van der Waals surface area contributed by atoms with Gasteiger partial charge in [-0.3, -0.25) is 4.98 Å². The van der Waals surface area contributed by atoms with Gasteiger partial charge in [-0.15, -0.1) is 13.2 Å². The van der Waals surface area contributed by atoms with Gasteiger partial charge in [0.15, 0.2) is 0 Å². The summed E-state index contributed by atoms with van der Waals surface area (Å²) in [6.45, 7) is 1.76. The summed E-state index contributed by atoms with van der Waals surface area (Å²) in [5, 5.41) is 3.03. The number of nitrogens with one attached hydrogen (secondary N) is 1. The van der Waals surface area contributed by atoms with E-state index in [1.807, 2.05) is 6.07 Å². The molecule has 10 heteroatoms. The Kier molecular flexibility index (Phi) is 5.44. The number of aromatic nitrogens is 5. The molecule has 0 aliphatic carbocycles. The first-order valence-electron chi connectivity index (χ1n) is 9.07. The van der Waals surface area contributed by atoms with Crippen molar-refractivity contribution in [3.05, 3.63) is 73.1 Å². The molecule has 1 N–H and O–H groups in total. The highest BCUT2D eigenvalue weighted by molar-refractivity contribution is 5.71. The van der Waals surface area contributed by atoms with Crippen LogP contribution in [0.5, 0.6) is 5.75 Å². The lowest BCUT2D eigenvalue weighted by molar-refractivity contribution is -0.274. The zero-order valence-electron chi connectivity index (χ0n) is 16.1. The molecule has 3 aromatic heterocycles. The highest BCUT2D eigenvalue weighted by atomic mass is 19.4. The van der Waals surface area contributed by atoms with Gasteiger partial charge in [-0.2, -0.15) is 0 Å². The second-order valence-electron chi connectivity index (χ2n) is 6.42. The number of halogens is 3. The van der Waals surface area contributed by atoms with Crippen LogP contribution in [0.1, 0.15) is 5.82 Å². The monoisotopic (exact) mass is 424 g/mol. The van der Waals surface area contributed by atoms with Crippen molar-refractivity contribution in [2.45, 2.75) is 13.3 Å². The van der Waals surface area contributed by atoms with E-state index in [0.717, 1.165) is 5.56 Å². The predicted octanol–water partition coefficient (Wildman–Crippen LogP) is 4.95. The summed E-state index contributed by atoms with van der Waals surface area (Å²) in [6, 6.07) is 10.9. The zero-order valence-corrected chi connectivity index (χ0v) is 16.1. The first kappa shape index (κ1) is 20.2. The second-order valence-corrected chi connectivity index (χ2v) is 6.42. The van der Waals surface area contributed by atoms with Gasteiger partial charge >= 0.3 is 6.36 Å². The molecule has 0 saturated heterocycles. The molecule has 31 heavy (non-hydrogen) atoms. The first-order valence-corrected chi connectivity index (χ1v) is 9.07. The van der Waals surface area contributed by atoms with E-state index in [-0.39, 0.29) is 5.75 Å². The van der Waals surface area contributed by atoms with Gasteiger partial charge < -0.3 is 10.1 Å². The minimum absolute atomic E-state index is 0.286. The molecule has 0 atom stereocenters. The van der Waals surface area contributed by atoms with Crippen molar-refractivity contribution in [1.82, 2.24) is 24.9 Å². The lowest BCUT2D eigenvalue weighted by Crippen LogP contribution is -2.16. The largest absolute Gasteiger partial charge is 0.573 e. The number of ether oxygens (including phenoxy) is 1. The Bertz CT molecular complexity index is 1180. The quantitative estimate of drug-likeness (QED) is 0.485. The minimum Gasteiger partial charge on any atom is -0.406 e. The van der Waals surface area contributed by atoms with Crippen molar-refractivity contribution in [1.29, 1.82) is 0 Å². The van der Waals surface area contributed by atoms with Gasteiger partial charge in [0.25, 0.3) is 0 Å². The van der Waals surface area contributed by atoms with Gasteiger partial charge in [0.2, 0.25) is 5.95 Å². The van der Waals surface area contributed by atoms with Crippen LogP contribution >= 0.6 is 0 Å². The number of alkyl halides is 3. The van der Waals surface area contributed by atoms with Crippen LogP contribution in [0.15, 0.2) is 67.3 Å². The molecule has 156 valence electrons. The fourth-order valence-corrected chi connectivity index (χ4v) is 2.84. The van der Waals surface area contributed by atoms with E-state index < -0.39 is 6.36 Å². The molecule has 0 spiro atoms. The van der Waals surface area contributed by atoms with E-state index in [9.17, 15) is 13.2 Å². The van der Waals surface area contributed by atoms with E-state index >= 15 is 0 Å². The molecule has 4 aromatic rings. The molecular formula is C21H15F3N6O. The van der Waals surface area contributed by atoms with Crippen LogP contribution in [-0.4, -0.2) is 31.3 Å². The van der Waals surface area contributed by atoms with Crippen molar-refractivity contribution < 1.29 is 17.9 Å². The Balaban J connectivity index is 1.61. The van der Waals surface area contributed by atoms with Crippen molar-refractivity contribution >= 4 is 11.8 Å². The van der Waals surface area contributed by atoms with Crippen LogP contribution in [0.25, 0.3) is 22.4 Å². The fourth-order valence-electron chi connectivity index (χ4n) is 2.84. The predicted molar refractivity (Wildman–Crippen MR) is 107 cm³/mol. The molecule has 0 fully saturated rings. The topological polar surface area (TPSA) is 85.7 Å². The van der Waals surface area contributed by atoms with Crippen LogP contribution in [0.3, 0.4) is 0 Å². The third-order valence-corrected chi connectivity index (χ3v) is 4.10. The van der Waals surface area contributed by atoms with Gasteiger partial charge in [0.1, 0.15) is 17.4 Å². The summed E-state index contributed by atoms with van der Waals surface area (Å²) in [6.07, 6.45) is 1.76. The van der Waals surface area contributed by atoms with E-state index in [4.69, 9.17) is 0 Å². The highest BCUT2D eigenvalue weighted by Crippen LogP contribution is 2.29. The molecule has 0 unspecified atom stereocenters. The third-order valence-electron chi connectivity index (χ3n) is 4.10. The van der Waals surface area contributed by atoms with E-state index in [1.165, 1.54) is 24.3 Å². The Hall–Kier alpha value is -4.08. The van der Waals surface area contributed by atoms with Gasteiger partial charge in [-0.25, -0.2) is 19.9 Å². The SMILES string of the molecule is Cc1nc(Nc2ncccn2)cc(-c2cncc(-c3ccc(OC(F)(F)F)cc3)c2)n1. The average molecular weight is 424 g/mol. The Morgan fingerprint density at radius 3 is 2.29 bits per heavy atom. The molecule has 0 aliphatic heterocycles. The lowest BCUT2D eigenvalue weighted by atomic mass is 10.0. The maximum Gasteiger partial charge on any atom is 0.573 e. The Morgan fingerprint density at radius 2 is 1.58 bits per heavy atom. The zero-order chi connectivity index (χ0) is 21.8. The van der Waals surface area contributed by atoms with Gasteiger partial charge in [0, 0.05) is 42.0 Å². The second kappa shape index (κ2) is 8.34. The Labute approximate surface area is 175 Å². The summed E-state index contributed by atoms with van der Waals surface area (Å²) >= 11 is 0. The van der Waals surface area contributed by atoms with Crippen LogP contribution < -0.4 is 10.1 Å². The number of benzene rings is 1. The summed E-state index contributed by atoms with van der Waals surface area (Å²) in [5.41, 5.74) is 2.74. The number of nitrogens with zero attached hydrogens (tertiary/aromatic N) is 5. The van der Waals surface area contributed by atoms with Crippen molar-refractivity contribution in [3.8, 4) is 28.1 Å². The highest BCUT2D eigenvalue weighted by Gasteiger charge is 2.30. The van der Waals surface area contributed by atoms with Crippen molar-refractivity contribution in [2.75, 3.05) is 5.32 Å².